The second-order valence-corrected chi connectivity index (χ2v) is 6.25. The number of nitrogens with two attached hydrogens (primary N) is 2. The number of imidazole rings is 1. The normalized spacial score (nSPS) is 34.6. The van der Waals surface area contributed by atoms with E-state index in [-0.39, 0.29) is 0 Å². The van der Waals surface area contributed by atoms with E-state index < -0.39 is 42.1 Å². The molecule has 1 saturated carbocycles. The molecule has 2 heterocycles. The summed E-state index contributed by atoms with van der Waals surface area (Å²) < 4.78 is 7.14. The summed E-state index contributed by atoms with van der Waals surface area (Å²) in [5, 5.41) is 29.7. The molecular formula is C14H22N4O5. The van der Waals surface area contributed by atoms with Gasteiger partial charge in [-0.3, -0.25) is 4.79 Å². The number of nitrogens with zero attached hydrogens (tertiary/aromatic N) is 2. The molecule has 1 aliphatic heterocycles. The molecular weight excluding hydrogens is 304 g/mol. The summed E-state index contributed by atoms with van der Waals surface area (Å²) >= 11 is 0. The third-order valence-corrected chi connectivity index (χ3v) is 4.91. The summed E-state index contributed by atoms with van der Waals surface area (Å²) in [7, 11) is 0. The van der Waals surface area contributed by atoms with Gasteiger partial charge in [-0.05, 0) is 12.8 Å². The van der Waals surface area contributed by atoms with Crippen molar-refractivity contribution in [2.45, 2.75) is 61.9 Å². The lowest BCUT2D eigenvalue weighted by molar-refractivity contribution is -0.126. The van der Waals surface area contributed by atoms with Crippen LogP contribution in [-0.2, 0) is 15.1 Å². The second-order valence-electron chi connectivity index (χ2n) is 6.25. The first kappa shape index (κ1) is 16.3. The standard InChI is InChI=1S/C14H22N4O5/c15-11(21)9-7(19)8(20)10(23-9)12-17-5-6-18(12)14(13(16)22)3-1-2-4-14/h5-11,19-21H,1-4,15H2,(H2,16,22)/t7-,8+,9-,10+,11?/m0/s1. The number of rotatable bonds is 4. The highest BCUT2D eigenvalue weighted by molar-refractivity contribution is 5.83. The van der Waals surface area contributed by atoms with E-state index >= 15 is 0 Å². The average molecular weight is 326 g/mol. The monoisotopic (exact) mass is 326 g/mol. The largest absolute Gasteiger partial charge is 0.387 e. The molecule has 0 bridgehead atoms. The van der Waals surface area contributed by atoms with Gasteiger partial charge >= 0.3 is 0 Å². The third kappa shape index (κ3) is 2.45. The van der Waals surface area contributed by atoms with Gasteiger partial charge in [0.2, 0.25) is 5.91 Å². The van der Waals surface area contributed by atoms with Crippen LogP contribution in [0.3, 0.4) is 0 Å². The fourth-order valence-electron chi connectivity index (χ4n) is 3.65. The van der Waals surface area contributed by atoms with Crippen molar-refractivity contribution in [3.63, 3.8) is 0 Å². The van der Waals surface area contributed by atoms with Gasteiger partial charge in [-0.1, -0.05) is 12.8 Å². The highest BCUT2D eigenvalue weighted by Gasteiger charge is 2.50. The molecule has 23 heavy (non-hydrogen) atoms. The van der Waals surface area contributed by atoms with Gasteiger partial charge < -0.3 is 36.1 Å². The zero-order valence-electron chi connectivity index (χ0n) is 12.6. The Hall–Kier alpha value is -1.52. The van der Waals surface area contributed by atoms with Crippen molar-refractivity contribution in [1.82, 2.24) is 9.55 Å². The maximum absolute atomic E-state index is 12.1. The topological polar surface area (TPSA) is 157 Å². The molecule has 1 saturated heterocycles. The van der Waals surface area contributed by atoms with Crippen LogP contribution in [0.5, 0.6) is 0 Å². The van der Waals surface area contributed by atoms with E-state index in [0.717, 1.165) is 12.8 Å². The molecule has 1 aromatic rings. The number of aliphatic hydroxyl groups excluding tert-OH is 3. The minimum Gasteiger partial charge on any atom is -0.387 e. The van der Waals surface area contributed by atoms with E-state index in [1.807, 2.05) is 0 Å². The SMILES string of the molecule is NC(=O)C1(n2ccnc2[C@@H]2O[C@H](C(N)O)[C@@H](O)[C@H]2O)CCCC1. The number of hydrogen-bond acceptors (Lipinski definition) is 7. The highest BCUT2D eigenvalue weighted by atomic mass is 16.6. The Balaban J connectivity index is 1.97. The van der Waals surface area contributed by atoms with Gasteiger partial charge in [-0.25, -0.2) is 4.98 Å². The number of amides is 1. The fraction of sp³-hybridized carbons (Fsp3) is 0.714. The van der Waals surface area contributed by atoms with Crippen LogP contribution < -0.4 is 11.5 Å². The number of primary amides is 1. The van der Waals surface area contributed by atoms with Crippen molar-refractivity contribution < 1.29 is 24.9 Å². The van der Waals surface area contributed by atoms with Gasteiger partial charge in [0.1, 0.15) is 42.0 Å². The molecule has 1 amide bonds. The number of ether oxygens (including phenoxy) is 1. The lowest BCUT2D eigenvalue weighted by Gasteiger charge is -2.30. The minimum absolute atomic E-state index is 0.292. The van der Waals surface area contributed by atoms with Crippen LogP contribution in [0.4, 0.5) is 0 Å². The zero-order chi connectivity index (χ0) is 16.8. The van der Waals surface area contributed by atoms with Gasteiger partial charge in [-0.2, -0.15) is 0 Å². The lowest BCUT2D eigenvalue weighted by atomic mass is 9.95. The molecule has 0 spiro atoms. The summed E-state index contributed by atoms with van der Waals surface area (Å²) in [6.07, 6.45) is -0.225. The van der Waals surface area contributed by atoms with Crippen molar-refractivity contribution in [3.8, 4) is 0 Å². The molecule has 3 rings (SSSR count). The van der Waals surface area contributed by atoms with Gasteiger partial charge in [-0.15, -0.1) is 0 Å². The summed E-state index contributed by atoms with van der Waals surface area (Å²) in [5.74, 6) is -0.168. The Kier molecular flexibility index (Phi) is 4.15. The Labute approximate surface area is 132 Å². The maximum Gasteiger partial charge on any atom is 0.243 e. The number of aliphatic hydroxyl groups is 3. The molecule has 2 fully saturated rings. The molecule has 1 unspecified atom stereocenters. The number of aromatic nitrogens is 2. The highest BCUT2D eigenvalue weighted by Crippen LogP contribution is 2.41. The van der Waals surface area contributed by atoms with Crippen molar-refractivity contribution in [2.75, 3.05) is 0 Å². The molecule has 1 aromatic heterocycles. The van der Waals surface area contributed by atoms with Gasteiger partial charge in [0.15, 0.2) is 0 Å². The Morgan fingerprint density at radius 2 is 2.04 bits per heavy atom. The molecule has 0 radical (unpaired) electrons. The van der Waals surface area contributed by atoms with Gasteiger partial charge in [0, 0.05) is 12.4 Å². The van der Waals surface area contributed by atoms with Crippen molar-refractivity contribution in [3.05, 3.63) is 18.2 Å². The average Bonchev–Trinajstić information content (AvgIpc) is 3.19. The van der Waals surface area contributed by atoms with Crippen molar-refractivity contribution in [2.24, 2.45) is 11.5 Å². The van der Waals surface area contributed by atoms with E-state index in [2.05, 4.69) is 4.98 Å². The zero-order valence-corrected chi connectivity index (χ0v) is 12.6. The molecule has 128 valence electrons. The van der Waals surface area contributed by atoms with Crippen molar-refractivity contribution in [1.29, 1.82) is 0 Å². The van der Waals surface area contributed by atoms with Crippen LogP contribution in [0.25, 0.3) is 0 Å². The molecule has 0 aromatic carbocycles. The summed E-state index contributed by atoms with van der Waals surface area (Å²) in [4.78, 5) is 16.3. The molecule has 9 heteroatoms. The predicted octanol–water partition coefficient (Wildman–Crippen LogP) is -1.92. The van der Waals surface area contributed by atoms with E-state index in [1.54, 1.807) is 10.8 Å². The van der Waals surface area contributed by atoms with Crippen LogP contribution in [0, 0.1) is 0 Å². The fourth-order valence-corrected chi connectivity index (χ4v) is 3.65. The van der Waals surface area contributed by atoms with E-state index in [9.17, 15) is 20.1 Å². The Bertz CT molecular complexity index is 583. The van der Waals surface area contributed by atoms with Crippen molar-refractivity contribution >= 4 is 5.91 Å². The molecule has 9 nitrogen and oxygen atoms in total. The number of hydrogen-bond donors (Lipinski definition) is 5. The minimum atomic E-state index is -1.44. The Morgan fingerprint density at radius 3 is 2.57 bits per heavy atom. The first-order chi connectivity index (χ1) is 10.9. The van der Waals surface area contributed by atoms with Crippen LogP contribution in [0.1, 0.15) is 37.6 Å². The predicted molar refractivity (Wildman–Crippen MR) is 77.7 cm³/mol. The van der Waals surface area contributed by atoms with E-state index in [4.69, 9.17) is 16.2 Å². The second kappa shape index (κ2) is 5.84. The third-order valence-electron chi connectivity index (χ3n) is 4.91. The number of carbonyl (C=O) groups excluding carboxylic acids is 1. The maximum atomic E-state index is 12.1. The van der Waals surface area contributed by atoms with E-state index in [0.29, 0.717) is 18.7 Å². The molecule has 5 atom stereocenters. The first-order valence-corrected chi connectivity index (χ1v) is 7.67. The van der Waals surface area contributed by atoms with Gasteiger partial charge in [0.25, 0.3) is 0 Å². The quantitative estimate of drug-likeness (QED) is 0.403. The summed E-state index contributed by atoms with van der Waals surface area (Å²) in [6, 6.07) is 0. The lowest BCUT2D eigenvalue weighted by Crippen LogP contribution is -2.45. The van der Waals surface area contributed by atoms with Crippen LogP contribution in [0.2, 0.25) is 0 Å². The first-order valence-electron chi connectivity index (χ1n) is 7.67. The van der Waals surface area contributed by atoms with Crippen LogP contribution in [-0.4, -0.2) is 55.3 Å². The summed E-state index contributed by atoms with van der Waals surface area (Å²) in [6.45, 7) is 0. The molecule has 1 aliphatic carbocycles. The van der Waals surface area contributed by atoms with Gasteiger partial charge in [0.05, 0.1) is 0 Å². The molecule has 2 aliphatic rings. The van der Waals surface area contributed by atoms with Crippen LogP contribution in [0.15, 0.2) is 12.4 Å². The van der Waals surface area contributed by atoms with Crippen LogP contribution >= 0.6 is 0 Å². The summed E-state index contributed by atoms with van der Waals surface area (Å²) in [5.41, 5.74) is 10.1. The Morgan fingerprint density at radius 1 is 1.39 bits per heavy atom. The molecule has 7 N–H and O–H groups in total. The smallest absolute Gasteiger partial charge is 0.243 e. The number of carbonyl (C=O) groups is 1. The van der Waals surface area contributed by atoms with E-state index in [1.165, 1.54) is 6.20 Å².